The van der Waals surface area contributed by atoms with Gasteiger partial charge in [0.15, 0.2) is 0 Å². The SMILES string of the molecule is CC1(C)NC(=O)N(CCC(=O)OCc2ccc(Cl)cc2)C1=O. The van der Waals surface area contributed by atoms with Crippen molar-refractivity contribution in [3.63, 3.8) is 0 Å². The molecule has 7 heteroatoms. The zero-order valence-corrected chi connectivity index (χ0v) is 13.1. The molecule has 0 unspecified atom stereocenters. The fourth-order valence-corrected chi connectivity index (χ4v) is 2.17. The molecule has 0 aliphatic carbocycles. The summed E-state index contributed by atoms with van der Waals surface area (Å²) in [6.45, 7) is 3.37. The molecule has 0 atom stereocenters. The summed E-state index contributed by atoms with van der Waals surface area (Å²) in [5.41, 5.74) is -0.113. The molecule has 0 bridgehead atoms. The minimum atomic E-state index is -0.926. The summed E-state index contributed by atoms with van der Waals surface area (Å²) in [7, 11) is 0. The van der Waals surface area contributed by atoms with E-state index in [1.165, 1.54) is 0 Å². The van der Waals surface area contributed by atoms with Gasteiger partial charge in [-0.25, -0.2) is 4.79 Å². The van der Waals surface area contributed by atoms with Crippen molar-refractivity contribution in [3.8, 4) is 0 Å². The Labute approximate surface area is 133 Å². The third-order valence-electron chi connectivity index (χ3n) is 3.30. The third-order valence-corrected chi connectivity index (χ3v) is 3.55. The average molecular weight is 325 g/mol. The van der Waals surface area contributed by atoms with E-state index in [9.17, 15) is 14.4 Å². The monoisotopic (exact) mass is 324 g/mol. The number of nitrogens with one attached hydrogen (secondary N) is 1. The number of imide groups is 1. The highest BCUT2D eigenvalue weighted by Gasteiger charge is 2.44. The van der Waals surface area contributed by atoms with Gasteiger partial charge in [0.05, 0.1) is 6.42 Å². The number of benzene rings is 1. The van der Waals surface area contributed by atoms with Gasteiger partial charge in [0.2, 0.25) is 0 Å². The minimum Gasteiger partial charge on any atom is -0.461 e. The second-order valence-electron chi connectivity index (χ2n) is 5.55. The van der Waals surface area contributed by atoms with Gasteiger partial charge in [-0.05, 0) is 31.5 Å². The predicted octanol–water partition coefficient (Wildman–Crippen LogP) is 2.10. The summed E-state index contributed by atoms with van der Waals surface area (Å²) in [4.78, 5) is 36.3. The standard InChI is InChI=1S/C15H17ClN2O4/c1-15(2)13(20)18(14(21)17-15)8-7-12(19)22-9-10-3-5-11(16)6-4-10/h3-6H,7-9H2,1-2H3,(H,17,21). The molecule has 1 aromatic carbocycles. The molecule has 0 saturated carbocycles. The summed E-state index contributed by atoms with van der Waals surface area (Å²) in [5.74, 6) is -0.816. The lowest BCUT2D eigenvalue weighted by molar-refractivity contribution is -0.145. The predicted molar refractivity (Wildman–Crippen MR) is 80.2 cm³/mol. The Morgan fingerprint density at radius 1 is 1.27 bits per heavy atom. The van der Waals surface area contributed by atoms with Crippen LogP contribution in [0.5, 0.6) is 0 Å². The lowest BCUT2D eigenvalue weighted by atomic mass is 10.1. The highest BCUT2D eigenvalue weighted by Crippen LogP contribution is 2.17. The van der Waals surface area contributed by atoms with Crippen molar-refractivity contribution in [2.75, 3.05) is 6.54 Å². The highest BCUT2D eigenvalue weighted by atomic mass is 35.5. The molecule has 1 fully saturated rings. The van der Waals surface area contributed by atoms with Crippen molar-refractivity contribution in [1.29, 1.82) is 0 Å². The van der Waals surface area contributed by atoms with E-state index >= 15 is 0 Å². The van der Waals surface area contributed by atoms with Crippen LogP contribution in [-0.2, 0) is 20.9 Å². The summed E-state index contributed by atoms with van der Waals surface area (Å²) in [5, 5.41) is 3.16. The quantitative estimate of drug-likeness (QED) is 0.665. The molecule has 22 heavy (non-hydrogen) atoms. The van der Waals surface area contributed by atoms with Crippen LogP contribution in [-0.4, -0.2) is 34.9 Å². The molecule has 1 aromatic rings. The zero-order chi connectivity index (χ0) is 16.3. The van der Waals surface area contributed by atoms with Crippen molar-refractivity contribution in [3.05, 3.63) is 34.9 Å². The van der Waals surface area contributed by atoms with E-state index in [-0.39, 0.29) is 25.5 Å². The first-order chi connectivity index (χ1) is 10.3. The van der Waals surface area contributed by atoms with Gasteiger partial charge >= 0.3 is 12.0 Å². The first kappa shape index (κ1) is 16.3. The molecule has 2 rings (SSSR count). The molecule has 6 nitrogen and oxygen atoms in total. The van der Waals surface area contributed by atoms with E-state index in [4.69, 9.17) is 16.3 Å². The number of carbonyl (C=O) groups is 3. The Hall–Kier alpha value is -2.08. The summed E-state index contributed by atoms with van der Waals surface area (Å²) >= 11 is 5.76. The molecule has 0 aromatic heterocycles. The molecule has 118 valence electrons. The summed E-state index contributed by atoms with van der Waals surface area (Å²) in [6.07, 6.45) is -0.0389. The number of halogens is 1. The molecule has 3 amide bonds. The van der Waals surface area contributed by atoms with Crippen molar-refractivity contribution in [1.82, 2.24) is 10.2 Å². The van der Waals surface area contributed by atoms with Crippen LogP contribution >= 0.6 is 11.6 Å². The Kier molecular flexibility index (Phi) is 4.71. The number of esters is 1. The molecule has 1 aliphatic rings. The molecule has 1 N–H and O–H groups in total. The lowest BCUT2D eigenvalue weighted by Gasteiger charge is -2.15. The van der Waals surface area contributed by atoms with Crippen LogP contribution in [0.1, 0.15) is 25.8 Å². The van der Waals surface area contributed by atoms with Crippen LogP contribution in [0.2, 0.25) is 5.02 Å². The molecule has 1 heterocycles. The first-order valence-corrected chi connectivity index (χ1v) is 7.21. The van der Waals surface area contributed by atoms with E-state index in [1.54, 1.807) is 38.1 Å². The maximum Gasteiger partial charge on any atom is 0.325 e. The molecular formula is C15H17ClN2O4. The molecule has 0 radical (unpaired) electrons. The third kappa shape index (κ3) is 3.76. The number of urea groups is 1. The normalized spacial score (nSPS) is 16.6. The Balaban J connectivity index is 1.80. The van der Waals surface area contributed by atoms with Gasteiger partial charge in [-0.1, -0.05) is 23.7 Å². The van der Waals surface area contributed by atoms with Crippen LogP contribution in [0.25, 0.3) is 0 Å². The van der Waals surface area contributed by atoms with Crippen LogP contribution in [0, 0.1) is 0 Å². The van der Waals surface area contributed by atoms with Crippen LogP contribution in [0.3, 0.4) is 0 Å². The van der Waals surface area contributed by atoms with E-state index in [0.717, 1.165) is 10.5 Å². The van der Waals surface area contributed by atoms with Crippen molar-refractivity contribution in [2.24, 2.45) is 0 Å². The highest BCUT2D eigenvalue weighted by molar-refractivity contribution is 6.30. The van der Waals surface area contributed by atoms with Crippen molar-refractivity contribution < 1.29 is 19.1 Å². The molecule has 0 spiro atoms. The Morgan fingerprint density at radius 2 is 1.91 bits per heavy atom. The van der Waals surface area contributed by atoms with Gasteiger partial charge in [0.1, 0.15) is 12.1 Å². The second-order valence-corrected chi connectivity index (χ2v) is 5.99. The summed E-state index contributed by atoms with van der Waals surface area (Å²) in [6, 6.07) is 6.45. The molecule has 1 aliphatic heterocycles. The van der Waals surface area contributed by atoms with Gasteiger partial charge in [-0.3, -0.25) is 14.5 Å². The Bertz CT molecular complexity index is 598. The lowest BCUT2D eigenvalue weighted by Crippen LogP contribution is -2.40. The van der Waals surface area contributed by atoms with Crippen molar-refractivity contribution >= 4 is 29.5 Å². The maximum absolute atomic E-state index is 11.9. The van der Waals surface area contributed by atoms with Crippen LogP contribution in [0.4, 0.5) is 4.79 Å². The van der Waals surface area contributed by atoms with E-state index < -0.39 is 17.5 Å². The molecule has 1 saturated heterocycles. The Morgan fingerprint density at radius 3 is 2.45 bits per heavy atom. The second kappa shape index (κ2) is 6.36. The van der Waals surface area contributed by atoms with Crippen molar-refractivity contribution in [2.45, 2.75) is 32.4 Å². The topological polar surface area (TPSA) is 75.7 Å². The number of ether oxygens (including phenoxy) is 1. The van der Waals surface area contributed by atoms with Gasteiger partial charge < -0.3 is 10.1 Å². The van der Waals surface area contributed by atoms with Gasteiger partial charge in [0, 0.05) is 11.6 Å². The zero-order valence-electron chi connectivity index (χ0n) is 12.4. The van der Waals surface area contributed by atoms with E-state index in [0.29, 0.717) is 5.02 Å². The number of hydrogen-bond acceptors (Lipinski definition) is 4. The van der Waals surface area contributed by atoms with E-state index in [2.05, 4.69) is 5.32 Å². The average Bonchev–Trinajstić information content (AvgIpc) is 2.65. The number of hydrogen-bond donors (Lipinski definition) is 1. The van der Waals surface area contributed by atoms with Gasteiger partial charge in [0.25, 0.3) is 5.91 Å². The molecular weight excluding hydrogens is 308 g/mol. The van der Waals surface area contributed by atoms with Gasteiger partial charge in [-0.2, -0.15) is 0 Å². The minimum absolute atomic E-state index is 0.00749. The number of rotatable bonds is 5. The van der Waals surface area contributed by atoms with E-state index in [1.807, 2.05) is 0 Å². The maximum atomic E-state index is 11.9. The first-order valence-electron chi connectivity index (χ1n) is 6.84. The number of carbonyl (C=O) groups excluding carboxylic acids is 3. The van der Waals surface area contributed by atoms with Gasteiger partial charge in [-0.15, -0.1) is 0 Å². The fourth-order valence-electron chi connectivity index (χ4n) is 2.04. The number of amides is 3. The number of nitrogens with zero attached hydrogens (tertiary/aromatic N) is 1. The largest absolute Gasteiger partial charge is 0.461 e. The summed E-state index contributed by atoms with van der Waals surface area (Å²) < 4.78 is 5.10. The van der Waals surface area contributed by atoms with Crippen LogP contribution < -0.4 is 5.32 Å². The van der Waals surface area contributed by atoms with Crippen LogP contribution in [0.15, 0.2) is 24.3 Å². The fraction of sp³-hybridized carbons (Fsp3) is 0.400. The smallest absolute Gasteiger partial charge is 0.325 e.